The maximum absolute atomic E-state index is 14.2. The minimum atomic E-state index is -5.24. The molecule has 2 aliphatic carbocycles. The molecule has 4 rings (SSSR count). The molecule has 0 bridgehead atoms. The van der Waals surface area contributed by atoms with Crippen LogP contribution in [0, 0.1) is 5.82 Å². The van der Waals surface area contributed by atoms with Gasteiger partial charge in [0, 0.05) is 29.6 Å². The maximum atomic E-state index is 14.2. The number of benzene rings is 1. The molecular weight excluding hydrogens is 417 g/mol. The van der Waals surface area contributed by atoms with Gasteiger partial charge in [-0.25, -0.2) is 21.6 Å². The molecule has 1 aromatic heterocycles. The van der Waals surface area contributed by atoms with Gasteiger partial charge in [-0.1, -0.05) is 0 Å². The van der Waals surface area contributed by atoms with Gasteiger partial charge in [0.05, 0.1) is 4.90 Å². The van der Waals surface area contributed by atoms with E-state index >= 15 is 0 Å². The Morgan fingerprint density at radius 1 is 1.10 bits per heavy atom. The molecule has 1 atom stereocenters. The lowest BCUT2D eigenvalue weighted by molar-refractivity contribution is -0.123. The lowest BCUT2D eigenvalue weighted by Gasteiger charge is -2.30. The van der Waals surface area contributed by atoms with E-state index in [0.29, 0.717) is 29.7 Å². The number of nitrogens with zero attached hydrogens (tertiary/aromatic N) is 1. The Labute approximate surface area is 163 Å². The predicted octanol–water partition coefficient (Wildman–Crippen LogP) is 4.11. The van der Waals surface area contributed by atoms with Crippen molar-refractivity contribution in [1.82, 2.24) is 4.57 Å². The fourth-order valence-corrected chi connectivity index (χ4v) is 5.27. The number of aromatic nitrogens is 1. The Balaban J connectivity index is 2.01. The van der Waals surface area contributed by atoms with Gasteiger partial charge >= 0.3 is 5.76 Å². The Morgan fingerprint density at radius 2 is 1.76 bits per heavy atom. The van der Waals surface area contributed by atoms with Crippen molar-refractivity contribution < 1.29 is 35.5 Å². The number of halogens is 5. The highest BCUT2D eigenvalue weighted by Gasteiger charge is 2.49. The molecule has 2 aliphatic rings. The molecule has 0 saturated carbocycles. The summed E-state index contributed by atoms with van der Waals surface area (Å²) in [5.74, 6) is -7.89. The lowest BCUT2D eigenvalue weighted by atomic mass is 9.89. The van der Waals surface area contributed by atoms with Crippen LogP contribution in [0.25, 0.3) is 5.69 Å². The highest BCUT2D eigenvalue weighted by molar-refractivity contribution is 7.91. The van der Waals surface area contributed by atoms with Crippen molar-refractivity contribution in [3.8, 4) is 5.69 Å². The molecule has 0 saturated heterocycles. The van der Waals surface area contributed by atoms with Crippen LogP contribution in [0.15, 0.2) is 23.2 Å². The minimum Gasteiger partial charge on any atom is -0.382 e. The van der Waals surface area contributed by atoms with Crippen molar-refractivity contribution in [2.24, 2.45) is 0 Å². The summed E-state index contributed by atoms with van der Waals surface area (Å²) in [7, 11) is -5.24. The molecule has 0 fully saturated rings. The van der Waals surface area contributed by atoms with Crippen LogP contribution >= 0.6 is 0 Å². The van der Waals surface area contributed by atoms with Crippen LogP contribution in [0.5, 0.6) is 0 Å². The average Bonchev–Trinajstić information content (AvgIpc) is 3.06. The van der Waals surface area contributed by atoms with E-state index in [2.05, 4.69) is 0 Å². The molecular formula is C19H18F5NO3S. The van der Waals surface area contributed by atoms with Gasteiger partial charge in [0.2, 0.25) is 9.84 Å². The number of aliphatic hydroxyl groups excluding tert-OH is 1. The summed E-state index contributed by atoms with van der Waals surface area (Å²) in [6.45, 7) is 0. The number of fused-ring (bicyclic) bond motifs is 2. The van der Waals surface area contributed by atoms with Crippen molar-refractivity contribution in [2.45, 2.75) is 61.2 Å². The Kier molecular flexibility index (Phi) is 4.77. The van der Waals surface area contributed by atoms with E-state index in [0.717, 1.165) is 19.0 Å². The highest BCUT2D eigenvalue weighted by Crippen LogP contribution is 2.46. The van der Waals surface area contributed by atoms with Crippen LogP contribution < -0.4 is 0 Å². The van der Waals surface area contributed by atoms with E-state index in [9.17, 15) is 35.5 Å². The normalized spacial score (nSPS) is 21.1. The molecule has 0 unspecified atom stereocenters. The van der Waals surface area contributed by atoms with Gasteiger partial charge in [-0.15, -0.1) is 0 Å². The molecule has 0 amide bonds. The van der Waals surface area contributed by atoms with Crippen LogP contribution in [-0.4, -0.2) is 29.8 Å². The molecule has 2 aromatic rings. The second-order valence-corrected chi connectivity index (χ2v) is 9.31. The topological polar surface area (TPSA) is 59.3 Å². The van der Waals surface area contributed by atoms with Crippen molar-refractivity contribution in [2.75, 3.05) is 0 Å². The van der Waals surface area contributed by atoms with Gasteiger partial charge in [0.25, 0.3) is 5.92 Å². The summed E-state index contributed by atoms with van der Waals surface area (Å²) in [6.07, 6.45) is -0.242. The van der Waals surface area contributed by atoms with Crippen LogP contribution in [0.2, 0.25) is 0 Å². The standard InChI is InChI=1S/C19H18F5NO3S/c20-12-5-6-13(11-4-2-1-3-10(11)12)25-9-15(29(27,28)18(21)22)16-14(25)7-8-19(23,24)17(16)26/h5-6,9,17-18,26H,1-4,7-8H2/t17-/m0/s1. The van der Waals surface area contributed by atoms with Crippen LogP contribution in [0.4, 0.5) is 22.0 Å². The summed E-state index contributed by atoms with van der Waals surface area (Å²) >= 11 is 0. The van der Waals surface area contributed by atoms with Gasteiger partial charge in [0.1, 0.15) is 11.9 Å². The summed E-state index contributed by atoms with van der Waals surface area (Å²) in [6, 6.07) is 2.58. The van der Waals surface area contributed by atoms with Gasteiger partial charge in [-0.05, 0) is 55.4 Å². The number of hydrogen-bond acceptors (Lipinski definition) is 3. The SMILES string of the molecule is O=S(=O)(c1cn(-c2ccc(F)c3c2CCCC3)c2c1[C@H](O)C(F)(F)CC2)C(F)F. The van der Waals surface area contributed by atoms with Crippen LogP contribution in [0.3, 0.4) is 0 Å². The fraction of sp³-hybridized carbons (Fsp3) is 0.474. The first-order valence-electron chi connectivity index (χ1n) is 9.18. The first kappa shape index (κ1) is 20.3. The third-order valence-corrected chi connectivity index (χ3v) is 7.14. The smallest absolute Gasteiger partial charge is 0.341 e. The monoisotopic (exact) mass is 435 g/mol. The largest absolute Gasteiger partial charge is 0.382 e. The molecule has 1 aromatic carbocycles. The second kappa shape index (κ2) is 6.80. The van der Waals surface area contributed by atoms with E-state index in [4.69, 9.17) is 0 Å². The number of sulfone groups is 1. The third kappa shape index (κ3) is 3.07. The van der Waals surface area contributed by atoms with Crippen molar-refractivity contribution in [3.05, 3.63) is 46.5 Å². The zero-order valence-electron chi connectivity index (χ0n) is 15.1. The molecule has 1 heterocycles. The van der Waals surface area contributed by atoms with Crippen molar-refractivity contribution >= 4 is 9.84 Å². The summed E-state index contributed by atoms with van der Waals surface area (Å²) in [4.78, 5) is -1.01. The zero-order valence-corrected chi connectivity index (χ0v) is 16.0. The Morgan fingerprint density at radius 3 is 2.41 bits per heavy atom. The second-order valence-electron chi connectivity index (χ2n) is 7.42. The average molecular weight is 435 g/mol. The number of aliphatic hydroxyl groups is 1. The van der Waals surface area contributed by atoms with E-state index in [1.807, 2.05) is 0 Å². The first-order valence-corrected chi connectivity index (χ1v) is 10.7. The Bertz CT molecular complexity index is 1080. The van der Waals surface area contributed by atoms with E-state index < -0.39 is 50.3 Å². The Hall–Kier alpha value is -1.94. The first-order chi connectivity index (χ1) is 13.6. The van der Waals surface area contributed by atoms with E-state index in [1.54, 1.807) is 0 Å². The quantitative estimate of drug-likeness (QED) is 0.739. The number of rotatable bonds is 3. The van der Waals surface area contributed by atoms with Crippen LogP contribution in [0.1, 0.15) is 47.8 Å². The molecule has 158 valence electrons. The summed E-state index contributed by atoms with van der Waals surface area (Å²) in [5.41, 5.74) is 0.751. The summed E-state index contributed by atoms with van der Waals surface area (Å²) < 4.78 is 94.4. The van der Waals surface area contributed by atoms with Crippen molar-refractivity contribution in [3.63, 3.8) is 0 Å². The fourth-order valence-electron chi connectivity index (χ4n) is 4.29. The lowest BCUT2D eigenvalue weighted by Crippen LogP contribution is -2.33. The molecule has 0 aliphatic heterocycles. The van der Waals surface area contributed by atoms with Crippen molar-refractivity contribution in [1.29, 1.82) is 0 Å². The molecule has 10 heteroatoms. The van der Waals surface area contributed by atoms with Gasteiger partial charge in [-0.2, -0.15) is 8.78 Å². The zero-order chi connectivity index (χ0) is 21.1. The molecule has 0 spiro atoms. The highest BCUT2D eigenvalue weighted by atomic mass is 32.2. The summed E-state index contributed by atoms with van der Waals surface area (Å²) in [5, 5.41) is 10.1. The third-order valence-electron chi connectivity index (χ3n) is 5.74. The predicted molar refractivity (Wildman–Crippen MR) is 93.8 cm³/mol. The van der Waals surface area contributed by atoms with Gasteiger partial charge < -0.3 is 9.67 Å². The van der Waals surface area contributed by atoms with E-state index in [-0.39, 0.29) is 12.1 Å². The maximum Gasteiger partial charge on any atom is 0.341 e. The number of hydrogen-bond donors (Lipinski definition) is 1. The minimum absolute atomic E-state index is 0.0297. The number of alkyl halides is 4. The van der Waals surface area contributed by atoms with Gasteiger partial charge in [-0.3, -0.25) is 0 Å². The molecule has 4 nitrogen and oxygen atoms in total. The molecule has 29 heavy (non-hydrogen) atoms. The van der Waals surface area contributed by atoms with E-state index in [1.165, 1.54) is 16.7 Å². The van der Waals surface area contributed by atoms with Gasteiger partial charge in [0.15, 0.2) is 0 Å². The molecule has 1 N–H and O–H groups in total. The van der Waals surface area contributed by atoms with Crippen LogP contribution in [-0.2, 0) is 29.1 Å². The molecule has 0 radical (unpaired) electrons.